The summed E-state index contributed by atoms with van der Waals surface area (Å²) in [5.41, 5.74) is 0. The molecule has 0 aliphatic rings. The van der Waals surface area contributed by atoms with Crippen molar-refractivity contribution >= 4 is 17.9 Å². The number of rotatable bonds is 48. The smallest absolute Gasteiger partial charge is 0.306 e. The van der Waals surface area contributed by atoms with Crippen LogP contribution in [0.5, 0.6) is 0 Å². The van der Waals surface area contributed by atoms with E-state index in [1.54, 1.807) is 0 Å². The van der Waals surface area contributed by atoms with Crippen molar-refractivity contribution in [1.29, 1.82) is 0 Å². The lowest BCUT2D eigenvalue weighted by atomic mass is 10.1. The molecule has 0 aliphatic carbocycles. The minimum Gasteiger partial charge on any atom is -0.462 e. The molecular formula is C65H100O6. The highest BCUT2D eigenvalue weighted by Crippen LogP contribution is 2.12. The van der Waals surface area contributed by atoms with Gasteiger partial charge in [0.25, 0.3) is 0 Å². The molecule has 0 radical (unpaired) electrons. The van der Waals surface area contributed by atoms with Crippen molar-refractivity contribution < 1.29 is 28.6 Å². The molecular weight excluding hydrogens is 877 g/mol. The van der Waals surface area contributed by atoms with Crippen LogP contribution in [0, 0.1) is 0 Å². The van der Waals surface area contributed by atoms with Gasteiger partial charge in [-0.25, -0.2) is 0 Å². The van der Waals surface area contributed by atoms with Crippen molar-refractivity contribution in [1.82, 2.24) is 0 Å². The van der Waals surface area contributed by atoms with Gasteiger partial charge in [-0.2, -0.15) is 0 Å². The topological polar surface area (TPSA) is 78.9 Å². The fourth-order valence-corrected chi connectivity index (χ4v) is 6.96. The lowest BCUT2D eigenvalue weighted by molar-refractivity contribution is -0.166. The van der Waals surface area contributed by atoms with Crippen LogP contribution in [-0.2, 0) is 28.6 Å². The Balaban J connectivity index is 4.61. The average molecular weight is 978 g/mol. The lowest BCUT2D eigenvalue weighted by Crippen LogP contribution is -2.30. The Kier molecular flexibility index (Phi) is 53.6. The summed E-state index contributed by atoms with van der Waals surface area (Å²) in [5.74, 6) is -1.06. The molecule has 0 spiro atoms. The van der Waals surface area contributed by atoms with E-state index in [9.17, 15) is 14.4 Å². The Bertz CT molecular complexity index is 1640. The normalized spacial score (nSPS) is 13.3. The van der Waals surface area contributed by atoms with Crippen molar-refractivity contribution in [2.45, 2.75) is 219 Å². The maximum absolute atomic E-state index is 12.9. The third kappa shape index (κ3) is 55.8. The van der Waals surface area contributed by atoms with E-state index in [4.69, 9.17) is 14.2 Å². The van der Waals surface area contributed by atoms with Gasteiger partial charge in [0.15, 0.2) is 6.10 Å². The predicted molar refractivity (Wildman–Crippen MR) is 306 cm³/mol. The minimum absolute atomic E-state index is 0.126. The first kappa shape index (κ1) is 66.0. The van der Waals surface area contributed by atoms with E-state index in [0.717, 1.165) is 135 Å². The van der Waals surface area contributed by atoms with E-state index < -0.39 is 6.10 Å². The van der Waals surface area contributed by atoms with Crippen molar-refractivity contribution in [3.8, 4) is 0 Å². The quantitative estimate of drug-likeness (QED) is 0.0199. The van der Waals surface area contributed by atoms with Gasteiger partial charge in [0, 0.05) is 19.3 Å². The van der Waals surface area contributed by atoms with Gasteiger partial charge >= 0.3 is 17.9 Å². The summed E-state index contributed by atoms with van der Waals surface area (Å²) in [7, 11) is 0. The van der Waals surface area contributed by atoms with Crippen LogP contribution >= 0.6 is 0 Å². The van der Waals surface area contributed by atoms with Gasteiger partial charge < -0.3 is 14.2 Å². The zero-order valence-corrected chi connectivity index (χ0v) is 45.2. The molecule has 0 aromatic carbocycles. The molecule has 396 valence electrons. The van der Waals surface area contributed by atoms with Crippen LogP contribution in [0.4, 0.5) is 0 Å². The number of hydrogen-bond donors (Lipinski definition) is 0. The van der Waals surface area contributed by atoms with Gasteiger partial charge in [-0.1, -0.05) is 237 Å². The Hall–Kier alpha value is -4.97. The monoisotopic (exact) mass is 977 g/mol. The van der Waals surface area contributed by atoms with Crippen molar-refractivity contribution in [2.75, 3.05) is 13.2 Å². The van der Waals surface area contributed by atoms with Gasteiger partial charge in [0.05, 0.1) is 0 Å². The first-order valence-corrected chi connectivity index (χ1v) is 28.0. The van der Waals surface area contributed by atoms with Crippen molar-refractivity contribution in [3.05, 3.63) is 158 Å². The van der Waals surface area contributed by atoms with E-state index in [-0.39, 0.29) is 44.0 Å². The van der Waals surface area contributed by atoms with Crippen LogP contribution < -0.4 is 0 Å². The molecule has 0 aromatic heterocycles. The van der Waals surface area contributed by atoms with Crippen LogP contribution in [0.1, 0.15) is 213 Å². The molecule has 6 nitrogen and oxygen atoms in total. The highest BCUT2D eigenvalue weighted by Gasteiger charge is 2.19. The van der Waals surface area contributed by atoms with Crippen LogP contribution in [0.3, 0.4) is 0 Å². The Morgan fingerprint density at radius 2 is 0.634 bits per heavy atom. The highest BCUT2D eigenvalue weighted by molar-refractivity contribution is 5.71. The van der Waals surface area contributed by atoms with E-state index in [0.29, 0.717) is 12.8 Å². The molecule has 1 atom stereocenters. The molecule has 0 bridgehead atoms. The molecule has 0 N–H and O–H groups in total. The third-order valence-electron chi connectivity index (χ3n) is 11.1. The average Bonchev–Trinajstić information content (AvgIpc) is 3.37. The summed E-state index contributed by atoms with van der Waals surface area (Å²) >= 11 is 0. The van der Waals surface area contributed by atoms with Gasteiger partial charge in [-0.15, -0.1) is 0 Å². The molecule has 1 unspecified atom stereocenters. The standard InChI is InChI=1S/C65H100O6/c1-4-7-10-13-16-19-22-25-28-31-33-35-37-40-43-46-49-52-55-58-64(67)70-61-62(60-69-63(66)57-54-51-48-45-42-39-36-30-27-24-21-18-15-12-9-6-3)71-65(68)59-56-53-50-47-44-41-38-34-32-29-26-23-20-17-14-11-8-5-2/h7,9-10,12,16-21,23,25-30,32-35,38,40,43,49,52,62H,4-6,8,11,13-15,22,24,31,36-37,39,41-42,44-48,50-51,53-61H2,1-3H3/b10-7-,12-9-,19-16-,20-17-,21-18-,26-23-,28-25-,30-27-,32-29-,35-33-,38-34-,43-40-,52-49-. The number of unbranched alkanes of at least 4 members (excludes halogenated alkanes) is 14. The second-order valence-electron chi connectivity index (χ2n) is 17.8. The van der Waals surface area contributed by atoms with E-state index in [2.05, 4.69) is 167 Å². The Morgan fingerprint density at radius 1 is 0.310 bits per heavy atom. The molecule has 0 heterocycles. The van der Waals surface area contributed by atoms with Gasteiger partial charge in [-0.3, -0.25) is 14.4 Å². The first-order chi connectivity index (χ1) is 35.0. The zero-order valence-electron chi connectivity index (χ0n) is 45.2. The second kappa shape index (κ2) is 57.6. The van der Waals surface area contributed by atoms with E-state index >= 15 is 0 Å². The maximum Gasteiger partial charge on any atom is 0.306 e. The van der Waals surface area contributed by atoms with Crippen molar-refractivity contribution in [3.63, 3.8) is 0 Å². The summed E-state index contributed by atoms with van der Waals surface area (Å²) < 4.78 is 16.8. The number of esters is 3. The third-order valence-corrected chi connectivity index (χ3v) is 11.1. The summed E-state index contributed by atoms with van der Waals surface area (Å²) in [6.45, 7) is 6.26. The summed E-state index contributed by atoms with van der Waals surface area (Å²) in [6.07, 6.45) is 83.7. The number of carbonyl (C=O) groups is 3. The van der Waals surface area contributed by atoms with Crippen molar-refractivity contribution in [2.24, 2.45) is 0 Å². The summed E-state index contributed by atoms with van der Waals surface area (Å²) in [6, 6.07) is 0. The summed E-state index contributed by atoms with van der Waals surface area (Å²) in [5, 5.41) is 0. The van der Waals surface area contributed by atoms with Crippen LogP contribution in [0.25, 0.3) is 0 Å². The van der Waals surface area contributed by atoms with E-state index in [1.165, 1.54) is 32.1 Å². The van der Waals surface area contributed by atoms with Crippen LogP contribution in [0.15, 0.2) is 158 Å². The fourth-order valence-electron chi connectivity index (χ4n) is 6.96. The Morgan fingerprint density at radius 3 is 1.07 bits per heavy atom. The predicted octanol–water partition coefficient (Wildman–Crippen LogP) is 19.0. The minimum atomic E-state index is -0.836. The van der Waals surface area contributed by atoms with Crippen LogP contribution in [0.2, 0.25) is 0 Å². The number of hydrogen-bond acceptors (Lipinski definition) is 6. The molecule has 0 amide bonds. The molecule has 0 fully saturated rings. The highest BCUT2D eigenvalue weighted by atomic mass is 16.6. The molecule has 0 aliphatic heterocycles. The van der Waals surface area contributed by atoms with Gasteiger partial charge in [0.2, 0.25) is 0 Å². The molecule has 71 heavy (non-hydrogen) atoms. The molecule has 0 saturated carbocycles. The zero-order chi connectivity index (χ0) is 51.4. The summed E-state index contributed by atoms with van der Waals surface area (Å²) in [4.78, 5) is 38.1. The number of carbonyl (C=O) groups excluding carboxylic acids is 3. The molecule has 6 heteroatoms. The largest absolute Gasteiger partial charge is 0.462 e. The lowest BCUT2D eigenvalue weighted by Gasteiger charge is -2.18. The SMILES string of the molecule is CC/C=C\C/C=C\C/C=C\C/C=C\C/C=C\C/C=C\CCC(=O)OCC(COC(=O)CCCCCCCC/C=C\C/C=C\C/C=C\CC)OC(=O)CCCCCCC\C=C/C=C\C=C/C=C\CCCCC. The maximum atomic E-state index is 12.9. The molecule has 0 aromatic rings. The van der Waals surface area contributed by atoms with Gasteiger partial charge in [0.1, 0.15) is 13.2 Å². The molecule has 0 saturated heterocycles. The van der Waals surface area contributed by atoms with Gasteiger partial charge in [-0.05, 0) is 116 Å². The molecule has 0 rings (SSSR count). The first-order valence-electron chi connectivity index (χ1n) is 28.0. The number of ether oxygens (including phenoxy) is 3. The second-order valence-corrected chi connectivity index (χ2v) is 17.8. The van der Waals surface area contributed by atoms with E-state index in [1.807, 2.05) is 12.2 Å². The Labute approximate surface area is 435 Å². The van der Waals surface area contributed by atoms with Crippen LogP contribution in [-0.4, -0.2) is 37.2 Å². The fraction of sp³-hybridized carbons (Fsp3) is 0.554. The number of allylic oxidation sites excluding steroid dienone is 26.